The predicted octanol–water partition coefficient (Wildman–Crippen LogP) is 4.77. The first kappa shape index (κ1) is 23.3. The van der Waals surface area contributed by atoms with Gasteiger partial charge < -0.3 is 14.6 Å². The molecule has 0 atom stereocenters. The first-order valence-electron chi connectivity index (χ1n) is 8.50. The number of amides is 1. The molecule has 3 rings (SSSR count). The van der Waals surface area contributed by atoms with Crippen molar-refractivity contribution in [2.75, 3.05) is 13.7 Å². The molecule has 0 radical (unpaired) electrons. The van der Waals surface area contributed by atoms with Crippen LogP contribution in [0.4, 0.5) is 0 Å². The number of carbonyl (C=O) groups is 2. The van der Waals surface area contributed by atoms with Crippen LogP contribution in [0.25, 0.3) is 6.08 Å². The van der Waals surface area contributed by atoms with E-state index < -0.39 is 18.4 Å². The van der Waals surface area contributed by atoms with Gasteiger partial charge in [0.15, 0.2) is 11.5 Å². The highest BCUT2D eigenvalue weighted by atomic mass is 127. The first-order chi connectivity index (χ1) is 14.3. The van der Waals surface area contributed by atoms with Gasteiger partial charge in [-0.1, -0.05) is 36.1 Å². The summed E-state index contributed by atoms with van der Waals surface area (Å²) in [4.78, 5) is 24.9. The smallest absolute Gasteiger partial charge is 0.323 e. The molecule has 2 aromatic carbocycles. The molecule has 1 aliphatic heterocycles. The third-order valence-corrected chi connectivity index (χ3v) is 6.91. The molecule has 0 spiro atoms. The molecule has 1 saturated heterocycles. The Morgan fingerprint density at radius 3 is 2.60 bits per heavy atom. The van der Waals surface area contributed by atoms with E-state index in [1.165, 1.54) is 0 Å². The van der Waals surface area contributed by atoms with Gasteiger partial charge in [0.05, 0.1) is 15.6 Å². The van der Waals surface area contributed by atoms with Gasteiger partial charge >= 0.3 is 5.97 Å². The molecule has 0 unspecified atom stereocenters. The summed E-state index contributed by atoms with van der Waals surface area (Å²) in [6, 6.07) is 11.7. The maximum Gasteiger partial charge on any atom is 0.323 e. The van der Waals surface area contributed by atoms with Gasteiger partial charge in [-0.3, -0.25) is 14.5 Å². The van der Waals surface area contributed by atoms with Gasteiger partial charge in [-0.05, 0) is 86.7 Å². The molecule has 30 heavy (non-hydrogen) atoms. The molecule has 1 fully saturated rings. The number of rotatable bonds is 7. The van der Waals surface area contributed by atoms with Crippen LogP contribution >= 0.6 is 69.2 Å². The number of hydrogen-bond acceptors (Lipinski definition) is 6. The molecule has 1 heterocycles. The third kappa shape index (κ3) is 5.65. The maximum absolute atomic E-state index is 12.5. The minimum absolute atomic E-state index is 0.229. The number of hydrogen-bond donors (Lipinski definition) is 1. The molecule has 0 bridgehead atoms. The topological polar surface area (TPSA) is 76.1 Å². The van der Waals surface area contributed by atoms with Gasteiger partial charge in [-0.15, -0.1) is 0 Å². The molecule has 1 N–H and O–H groups in total. The Morgan fingerprint density at radius 1 is 1.27 bits per heavy atom. The van der Waals surface area contributed by atoms with Crippen molar-refractivity contribution in [3.63, 3.8) is 0 Å². The second kappa shape index (κ2) is 10.3. The number of halogens is 2. The SMILES string of the molecule is COc1cc(C=C2SC(=S)N(CC(=O)O)C2=O)cc(I)c1OCc1ccc(I)cc1. The van der Waals surface area contributed by atoms with E-state index in [1.54, 1.807) is 19.3 Å². The van der Waals surface area contributed by atoms with Crippen LogP contribution in [0.1, 0.15) is 11.1 Å². The molecular weight excluding hydrogens is 652 g/mol. The number of carboxylic acid groups (broad SMARTS) is 1. The molecular formula is C20H15I2NO5S2. The molecule has 156 valence electrons. The highest BCUT2D eigenvalue weighted by Gasteiger charge is 2.33. The van der Waals surface area contributed by atoms with E-state index in [9.17, 15) is 9.59 Å². The van der Waals surface area contributed by atoms with E-state index in [0.29, 0.717) is 23.0 Å². The van der Waals surface area contributed by atoms with Crippen LogP contribution in [0.5, 0.6) is 11.5 Å². The van der Waals surface area contributed by atoms with E-state index in [4.69, 9.17) is 26.8 Å². The lowest BCUT2D eigenvalue weighted by atomic mass is 10.1. The van der Waals surface area contributed by atoms with Crippen LogP contribution in [-0.2, 0) is 16.2 Å². The first-order valence-corrected chi connectivity index (χ1v) is 11.9. The lowest BCUT2D eigenvalue weighted by molar-refractivity contribution is -0.140. The molecule has 0 aromatic heterocycles. The fourth-order valence-electron chi connectivity index (χ4n) is 2.62. The van der Waals surface area contributed by atoms with Crippen LogP contribution in [0.15, 0.2) is 41.3 Å². The Labute approximate surface area is 210 Å². The second-order valence-electron chi connectivity index (χ2n) is 6.11. The predicted molar refractivity (Wildman–Crippen MR) is 137 cm³/mol. The van der Waals surface area contributed by atoms with Crippen LogP contribution in [0.3, 0.4) is 0 Å². The lowest BCUT2D eigenvalue weighted by Gasteiger charge is -2.14. The Hall–Kier alpha value is -1.38. The highest BCUT2D eigenvalue weighted by molar-refractivity contribution is 14.1. The monoisotopic (exact) mass is 667 g/mol. The van der Waals surface area contributed by atoms with Crippen molar-refractivity contribution in [3.05, 3.63) is 59.6 Å². The average Bonchev–Trinajstić information content (AvgIpc) is 2.95. The quantitative estimate of drug-likeness (QED) is 0.259. The van der Waals surface area contributed by atoms with E-state index in [-0.39, 0.29) is 4.32 Å². The van der Waals surface area contributed by atoms with Crippen molar-refractivity contribution in [3.8, 4) is 11.5 Å². The number of methoxy groups -OCH3 is 1. The summed E-state index contributed by atoms with van der Waals surface area (Å²) in [5, 5.41) is 8.95. The van der Waals surface area contributed by atoms with Crippen molar-refractivity contribution in [2.24, 2.45) is 0 Å². The summed E-state index contributed by atoms with van der Waals surface area (Å²) < 4.78 is 13.7. The number of carbonyl (C=O) groups excluding carboxylic acids is 1. The van der Waals surface area contributed by atoms with Gasteiger partial charge in [-0.25, -0.2) is 0 Å². The lowest BCUT2D eigenvalue weighted by Crippen LogP contribution is -2.33. The molecule has 0 saturated carbocycles. The zero-order valence-corrected chi connectivity index (χ0v) is 21.5. The molecule has 10 heteroatoms. The average molecular weight is 667 g/mol. The minimum Gasteiger partial charge on any atom is -0.493 e. The fraction of sp³-hybridized carbons (Fsp3) is 0.150. The number of aliphatic carboxylic acids is 1. The third-order valence-electron chi connectivity index (χ3n) is 4.01. The van der Waals surface area contributed by atoms with Crippen molar-refractivity contribution in [1.82, 2.24) is 4.90 Å². The molecule has 2 aromatic rings. The van der Waals surface area contributed by atoms with E-state index in [2.05, 4.69) is 45.2 Å². The van der Waals surface area contributed by atoms with Crippen molar-refractivity contribution >= 4 is 91.4 Å². The highest BCUT2D eigenvalue weighted by Crippen LogP contribution is 2.37. The van der Waals surface area contributed by atoms with Gasteiger partial charge in [0.1, 0.15) is 17.5 Å². The molecule has 1 amide bonds. The van der Waals surface area contributed by atoms with Crippen LogP contribution in [0, 0.1) is 7.14 Å². The van der Waals surface area contributed by atoms with E-state index >= 15 is 0 Å². The van der Waals surface area contributed by atoms with Crippen molar-refractivity contribution in [1.29, 1.82) is 0 Å². The number of thioether (sulfide) groups is 1. The Balaban J connectivity index is 1.82. The standard InChI is InChI=1S/C20H15I2NO5S2/c1-27-15-7-12(8-16-19(26)23(9-17(24)25)20(29)30-16)6-14(22)18(15)28-10-11-2-4-13(21)5-3-11/h2-8H,9-10H2,1H3,(H,24,25). The zero-order chi connectivity index (χ0) is 21.8. The van der Waals surface area contributed by atoms with E-state index in [1.807, 2.05) is 30.3 Å². The van der Waals surface area contributed by atoms with E-state index in [0.717, 1.165) is 34.9 Å². The normalized spacial score (nSPS) is 15.0. The van der Waals surface area contributed by atoms with Crippen LogP contribution in [0.2, 0.25) is 0 Å². The summed E-state index contributed by atoms with van der Waals surface area (Å²) in [5.41, 5.74) is 1.77. The Bertz CT molecular complexity index is 1040. The van der Waals surface area contributed by atoms with Gasteiger partial charge in [0.25, 0.3) is 5.91 Å². The molecule has 0 aliphatic carbocycles. The summed E-state index contributed by atoms with van der Waals surface area (Å²) in [5.74, 6) is -0.370. The summed E-state index contributed by atoms with van der Waals surface area (Å²) in [6.45, 7) is -0.0509. The second-order valence-corrected chi connectivity index (χ2v) is 10.2. The van der Waals surface area contributed by atoms with Gasteiger partial charge in [0, 0.05) is 3.57 Å². The minimum atomic E-state index is -1.11. The number of ether oxygens (including phenoxy) is 2. The summed E-state index contributed by atoms with van der Waals surface area (Å²) in [6.07, 6.45) is 1.68. The van der Waals surface area contributed by atoms with Gasteiger partial charge in [-0.2, -0.15) is 0 Å². The number of nitrogens with zero attached hydrogens (tertiary/aromatic N) is 1. The van der Waals surface area contributed by atoms with Crippen molar-refractivity contribution in [2.45, 2.75) is 6.61 Å². The maximum atomic E-state index is 12.5. The largest absolute Gasteiger partial charge is 0.493 e. The molecule has 6 nitrogen and oxygen atoms in total. The Morgan fingerprint density at radius 2 is 1.97 bits per heavy atom. The number of benzene rings is 2. The van der Waals surface area contributed by atoms with Crippen molar-refractivity contribution < 1.29 is 24.2 Å². The fourth-order valence-corrected chi connectivity index (χ4v) is 5.02. The number of carboxylic acids is 1. The zero-order valence-electron chi connectivity index (χ0n) is 15.6. The van der Waals surface area contributed by atoms with Gasteiger partial charge in [0.2, 0.25) is 0 Å². The summed E-state index contributed by atoms with van der Waals surface area (Å²) >= 11 is 10.6. The van der Waals surface area contributed by atoms with Crippen LogP contribution < -0.4 is 9.47 Å². The molecule has 1 aliphatic rings. The summed E-state index contributed by atoms with van der Waals surface area (Å²) in [7, 11) is 1.55. The number of thiocarbonyl (C=S) groups is 1. The van der Waals surface area contributed by atoms with Crippen LogP contribution in [-0.4, -0.2) is 39.9 Å². The Kier molecular flexibility index (Phi) is 7.98.